The molecule has 3 rings (SSSR count). The van der Waals surface area contributed by atoms with Crippen LogP contribution in [0.2, 0.25) is 0 Å². The molecule has 0 amide bonds. The van der Waals surface area contributed by atoms with E-state index < -0.39 is 0 Å². The standard InChI is InChI=1S/C14H20N2O.C2H6/c1-12-3-7-15-13(11-12)16-8-5-14(6-9-16)4-2-10-17-14;1-2/h3,7,11H,2,4-6,8-10H2,1H3;1-2H3. The summed E-state index contributed by atoms with van der Waals surface area (Å²) in [5.41, 5.74) is 1.49. The van der Waals surface area contributed by atoms with Gasteiger partial charge in [0.25, 0.3) is 0 Å². The maximum Gasteiger partial charge on any atom is 0.128 e. The van der Waals surface area contributed by atoms with E-state index in [2.05, 4.69) is 28.9 Å². The van der Waals surface area contributed by atoms with E-state index >= 15 is 0 Å². The number of aryl methyl sites for hydroxylation is 1. The van der Waals surface area contributed by atoms with Crippen molar-refractivity contribution in [3.05, 3.63) is 23.9 Å². The number of hydrogen-bond donors (Lipinski definition) is 0. The molecule has 19 heavy (non-hydrogen) atoms. The minimum Gasteiger partial charge on any atom is -0.375 e. The molecule has 3 heterocycles. The highest BCUT2D eigenvalue weighted by Gasteiger charge is 2.38. The van der Waals surface area contributed by atoms with Gasteiger partial charge in [0, 0.05) is 25.9 Å². The number of aromatic nitrogens is 1. The van der Waals surface area contributed by atoms with Crippen molar-refractivity contribution in [3.63, 3.8) is 0 Å². The van der Waals surface area contributed by atoms with E-state index in [0.29, 0.717) is 0 Å². The number of ether oxygens (including phenoxy) is 1. The van der Waals surface area contributed by atoms with Gasteiger partial charge < -0.3 is 9.64 Å². The number of hydrogen-bond acceptors (Lipinski definition) is 3. The van der Waals surface area contributed by atoms with Crippen LogP contribution in [0, 0.1) is 6.92 Å². The van der Waals surface area contributed by atoms with Gasteiger partial charge in [0.1, 0.15) is 5.82 Å². The number of rotatable bonds is 1. The van der Waals surface area contributed by atoms with Crippen LogP contribution in [0.1, 0.15) is 45.1 Å². The van der Waals surface area contributed by atoms with Gasteiger partial charge in [-0.2, -0.15) is 0 Å². The van der Waals surface area contributed by atoms with Crippen LogP contribution in [-0.4, -0.2) is 30.3 Å². The Kier molecular flexibility index (Phi) is 4.81. The van der Waals surface area contributed by atoms with Crippen LogP contribution in [0.4, 0.5) is 5.82 Å². The van der Waals surface area contributed by atoms with Crippen LogP contribution < -0.4 is 4.90 Å². The van der Waals surface area contributed by atoms with E-state index in [1.54, 1.807) is 0 Å². The molecule has 0 unspecified atom stereocenters. The molecule has 0 atom stereocenters. The summed E-state index contributed by atoms with van der Waals surface area (Å²) in [5, 5.41) is 0. The molecule has 0 N–H and O–H groups in total. The summed E-state index contributed by atoms with van der Waals surface area (Å²) in [6.45, 7) is 9.24. The molecule has 106 valence electrons. The fraction of sp³-hybridized carbons (Fsp3) is 0.688. The number of pyridine rings is 1. The molecule has 3 nitrogen and oxygen atoms in total. The van der Waals surface area contributed by atoms with Gasteiger partial charge in [0.05, 0.1) is 5.60 Å². The Balaban J connectivity index is 0.000000637. The molecule has 0 aromatic carbocycles. The van der Waals surface area contributed by atoms with E-state index in [4.69, 9.17) is 4.74 Å². The Labute approximate surface area is 117 Å². The fourth-order valence-corrected chi connectivity index (χ4v) is 2.99. The molecule has 2 saturated heterocycles. The maximum atomic E-state index is 5.94. The van der Waals surface area contributed by atoms with E-state index in [-0.39, 0.29) is 5.60 Å². The first-order chi connectivity index (χ1) is 9.27. The van der Waals surface area contributed by atoms with Crippen LogP contribution in [0.25, 0.3) is 0 Å². The molecular weight excluding hydrogens is 236 g/mol. The average Bonchev–Trinajstić information content (AvgIpc) is 2.90. The molecule has 0 saturated carbocycles. The van der Waals surface area contributed by atoms with Gasteiger partial charge in [-0.3, -0.25) is 0 Å². The predicted octanol–water partition coefficient (Wildman–Crippen LogP) is 3.57. The van der Waals surface area contributed by atoms with Crippen molar-refractivity contribution in [3.8, 4) is 0 Å². The Morgan fingerprint density at radius 1 is 1.21 bits per heavy atom. The van der Waals surface area contributed by atoms with Crippen molar-refractivity contribution < 1.29 is 4.74 Å². The topological polar surface area (TPSA) is 25.4 Å². The van der Waals surface area contributed by atoms with E-state index in [1.165, 1.54) is 18.4 Å². The van der Waals surface area contributed by atoms with Crippen LogP contribution in [-0.2, 0) is 4.74 Å². The Morgan fingerprint density at radius 3 is 2.53 bits per heavy atom. The monoisotopic (exact) mass is 262 g/mol. The van der Waals surface area contributed by atoms with Crippen molar-refractivity contribution in [2.45, 2.75) is 52.1 Å². The Morgan fingerprint density at radius 2 is 1.95 bits per heavy atom. The van der Waals surface area contributed by atoms with Crippen LogP contribution >= 0.6 is 0 Å². The lowest BCUT2D eigenvalue weighted by atomic mass is 9.89. The maximum absolute atomic E-state index is 5.94. The first-order valence-electron chi connectivity index (χ1n) is 7.59. The van der Waals surface area contributed by atoms with Crippen molar-refractivity contribution in [1.29, 1.82) is 0 Å². The van der Waals surface area contributed by atoms with Crippen molar-refractivity contribution in [2.24, 2.45) is 0 Å². The lowest BCUT2D eigenvalue weighted by molar-refractivity contribution is -0.0147. The first kappa shape index (κ1) is 14.3. The first-order valence-corrected chi connectivity index (χ1v) is 7.59. The molecule has 0 bridgehead atoms. The van der Waals surface area contributed by atoms with Gasteiger partial charge in [-0.25, -0.2) is 4.98 Å². The Hall–Kier alpha value is -1.09. The van der Waals surface area contributed by atoms with Gasteiger partial charge in [-0.05, 0) is 50.3 Å². The zero-order valence-electron chi connectivity index (χ0n) is 12.5. The third-order valence-corrected chi connectivity index (χ3v) is 4.08. The quantitative estimate of drug-likeness (QED) is 0.773. The van der Waals surface area contributed by atoms with Gasteiger partial charge in [0.2, 0.25) is 0 Å². The molecule has 0 radical (unpaired) electrons. The normalized spacial score (nSPS) is 21.1. The summed E-state index contributed by atoms with van der Waals surface area (Å²) in [6, 6.07) is 4.22. The van der Waals surface area contributed by atoms with Crippen molar-refractivity contribution in [1.82, 2.24) is 4.98 Å². The second kappa shape index (κ2) is 6.38. The Bertz CT molecular complexity index is 389. The van der Waals surface area contributed by atoms with Gasteiger partial charge in [0.15, 0.2) is 0 Å². The van der Waals surface area contributed by atoms with Crippen LogP contribution in [0.5, 0.6) is 0 Å². The second-order valence-electron chi connectivity index (χ2n) is 5.31. The third-order valence-electron chi connectivity index (χ3n) is 4.08. The largest absolute Gasteiger partial charge is 0.375 e. The van der Waals surface area contributed by atoms with Crippen molar-refractivity contribution in [2.75, 3.05) is 24.6 Å². The average molecular weight is 262 g/mol. The number of piperidine rings is 1. The second-order valence-corrected chi connectivity index (χ2v) is 5.31. The lowest BCUT2D eigenvalue weighted by Crippen LogP contribution is -2.44. The van der Waals surface area contributed by atoms with Gasteiger partial charge in [-0.1, -0.05) is 13.8 Å². The van der Waals surface area contributed by atoms with Gasteiger partial charge in [-0.15, -0.1) is 0 Å². The van der Waals surface area contributed by atoms with Crippen LogP contribution in [0.3, 0.4) is 0 Å². The molecule has 1 aromatic heterocycles. The van der Waals surface area contributed by atoms with E-state index in [1.807, 2.05) is 20.0 Å². The molecule has 3 heteroatoms. The zero-order valence-corrected chi connectivity index (χ0v) is 12.5. The van der Waals surface area contributed by atoms with Gasteiger partial charge >= 0.3 is 0 Å². The third kappa shape index (κ3) is 3.27. The predicted molar refractivity (Wildman–Crippen MR) is 79.7 cm³/mol. The molecule has 2 aliphatic rings. The van der Waals surface area contributed by atoms with E-state index in [0.717, 1.165) is 38.4 Å². The smallest absolute Gasteiger partial charge is 0.128 e. The van der Waals surface area contributed by atoms with Crippen molar-refractivity contribution >= 4 is 5.82 Å². The highest BCUT2D eigenvalue weighted by Crippen LogP contribution is 2.36. The highest BCUT2D eigenvalue weighted by molar-refractivity contribution is 5.41. The SMILES string of the molecule is CC.Cc1ccnc(N2CCC3(CCCO3)CC2)c1. The fourth-order valence-electron chi connectivity index (χ4n) is 2.99. The summed E-state index contributed by atoms with van der Waals surface area (Å²) in [4.78, 5) is 6.85. The minimum atomic E-state index is 0.209. The zero-order chi connectivity index (χ0) is 13.7. The summed E-state index contributed by atoms with van der Waals surface area (Å²) in [7, 11) is 0. The number of anilines is 1. The summed E-state index contributed by atoms with van der Waals surface area (Å²) in [5.74, 6) is 1.12. The molecule has 1 spiro atoms. The molecule has 1 aromatic rings. The summed E-state index contributed by atoms with van der Waals surface area (Å²) >= 11 is 0. The highest BCUT2D eigenvalue weighted by atomic mass is 16.5. The molecule has 0 aliphatic carbocycles. The molecule has 2 fully saturated rings. The van der Waals surface area contributed by atoms with Crippen LogP contribution in [0.15, 0.2) is 18.3 Å². The van der Waals surface area contributed by atoms with E-state index in [9.17, 15) is 0 Å². The minimum absolute atomic E-state index is 0.209. The summed E-state index contributed by atoms with van der Waals surface area (Å²) < 4.78 is 5.94. The molecule has 2 aliphatic heterocycles. The summed E-state index contributed by atoms with van der Waals surface area (Å²) in [6.07, 6.45) is 6.71. The molecular formula is C16H26N2O. The number of nitrogens with zero attached hydrogens (tertiary/aromatic N) is 2. The lowest BCUT2D eigenvalue weighted by Gasteiger charge is -2.39.